The fraction of sp³-hybridized carbons (Fsp3) is 0.250. The van der Waals surface area contributed by atoms with E-state index in [1.807, 2.05) is 30.3 Å². The predicted molar refractivity (Wildman–Crippen MR) is 109 cm³/mol. The van der Waals surface area contributed by atoms with Crippen LogP contribution < -0.4 is 5.32 Å². The molecule has 2 fully saturated rings. The molecule has 1 aliphatic heterocycles. The number of carbonyl (C=O) groups is 2. The molecule has 1 aliphatic carbocycles. The van der Waals surface area contributed by atoms with E-state index < -0.39 is 5.25 Å². The second kappa shape index (κ2) is 7.74. The number of thioether (sulfide) groups is 1. The largest absolute Gasteiger partial charge is 0.326 e. The number of rotatable bonds is 5. The van der Waals surface area contributed by atoms with E-state index in [4.69, 9.17) is 11.6 Å². The molecule has 2 aromatic carbocycles. The molecule has 1 heterocycles. The molecule has 1 saturated heterocycles. The summed E-state index contributed by atoms with van der Waals surface area (Å²) in [5.74, 6) is -0.219. The fourth-order valence-corrected chi connectivity index (χ4v) is 4.23. The summed E-state index contributed by atoms with van der Waals surface area (Å²) >= 11 is 7.24. The maximum atomic E-state index is 12.8. The average Bonchev–Trinajstić information content (AvgIpc) is 3.44. The van der Waals surface area contributed by atoms with E-state index in [0.29, 0.717) is 15.9 Å². The molecule has 0 bridgehead atoms. The van der Waals surface area contributed by atoms with Gasteiger partial charge in [-0.15, -0.1) is 0 Å². The molecule has 2 aromatic rings. The van der Waals surface area contributed by atoms with E-state index in [1.54, 1.807) is 29.2 Å². The minimum atomic E-state index is -0.444. The van der Waals surface area contributed by atoms with Crippen molar-refractivity contribution in [2.24, 2.45) is 4.99 Å². The molecule has 0 radical (unpaired) electrons. The van der Waals surface area contributed by atoms with Gasteiger partial charge in [-0.2, -0.15) is 0 Å². The van der Waals surface area contributed by atoms with Gasteiger partial charge in [-0.1, -0.05) is 41.6 Å². The zero-order valence-corrected chi connectivity index (χ0v) is 16.0. The molecule has 27 heavy (non-hydrogen) atoms. The third-order valence-corrected chi connectivity index (χ3v) is 5.76. The van der Waals surface area contributed by atoms with Crippen LogP contribution in [-0.2, 0) is 9.59 Å². The smallest absolute Gasteiger partial charge is 0.242 e. The molecular formula is C20H18ClN3O2S. The third-order valence-electron chi connectivity index (χ3n) is 4.36. The number of halogens is 1. The van der Waals surface area contributed by atoms with Crippen molar-refractivity contribution in [2.75, 3.05) is 5.32 Å². The monoisotopic (exact) mass is 399 g/mol. The molecule has 5 nitrogen and oxygen atoms in total. The number of amidine groups is 1. The molecular weight excluding hydrogens is 382 g/mol. The number of aliphatic imine (C=N–C) groups is 1. The van der Waals surface area contributed by atoms with Gasteiger partial charge >= 0.3 is 0 Å². The lowest BCUT2D eigenvalue weighted by atomic mass is 10.2. The van der Waals surface area contributed by atoms with Crippen LogP contribution >= 0.6 is 23.4 Å². The Bertz CT molecular complexity index is 882. The molecule has 7 heteroatoms. The highest BCUT2D eigenvalue weighted by molar-refractivity contribution is 8.15. The zero-order valence-electron chi connectivity index (χ0n) is 14.5. The zero-order chi connectivity index (χ0) is 18.8. The van der Waals surface area contributed by atoms with Crippen molar-refractivity contribution in [3.05, 3.63) is 59.6 Å². The molecule has 1 N–H and O–H groups in total. The highest BCUT2D eigenvalue weighted by Gasteiger charge is 2.46. The van der Waals surface area contributed by atoms with Gasteiger partial charge in [-0.3, -0.25) is 14.5 Å². The van der Waals surface area contributed by atoms with E-state index >= 15 is 0 Å². The SMILES string of the molecule is O=C(C[C@H]1SC(=Nc2ccccc2)N(C2CC2)C1=O)Nc1ccc(Cl)cc1. The van der Waals surface area contributed by atoms with Crippen LogP contribution in [0.1, 0.15) is 19.3 Å². The van der Waals surface area contributed by atoms with Crippen molar-refractivity contribution < 1.29 is 9.59 Å². The Labute approximate surface area is 166 Å². The standard InChI is InChI=1S/C20H18ClN3O2S/c21-13-6-8-15(9-7-13)22-18(25)12-17-19(26)24(16-10-11-16)20(27-17)23-14-4-2-1-3-5-14/h1-9,16-17H,10-12H2,(H,22,25)/t17-/m1/s1. The Morgan fingerprint density at radius 2 is 1.85 bits per heavy atom. The van der Waals surface area contributed by atoms with Crippen LogP contribution in [-0.4, -0.2) is 33.2 Å². The Balaban J connectivity index is 1.47. The van der Waals surface area contributed by atoms with Crippen LogP contribution in [0.4, 0.5) is 11.4 Å². The van der Waals surface area contributed by atoms with E-state index in [-0.39, 0.29) is 24.3 Å². The summed E-state index contributed by atoms with van der Waals surface area (Å²) in [7, 11) is 0. The van der Waals surface area contributed by atoms with Crippen LogP contribution in [0.15, 0.2) is 59.6 Å². The second-order valence-corrected chi connectivity index (χ2v) is 8.14. The van der Waals surface area contributed by atoms with E-state index in [2.05, 4.69) is 10.3 Å². The second-order valence-electron chi connectivity index (χ2n) is 6.54. The van der Waals surface area contributed by atoms with Crippen molar-refractivity contribution in [1.29, 1.82) is 0 Å². The van der Waals surface area contributed by atoms with Crippen LogP contribution in [0.3, 0.4) is 0 Å². The van der Waals surface area contributed by atoms with Crippen LogP contribution in [0.25, 0.3) is 0 Å². The van der Waals surface area contributed by atoms with Gasteiger partial charge in [0.05, 0.1) is 5.69 Å². The Morgan fingerprint density at radius 1 is 1.15 bits per heavy atom. The third kappa shape index (κ3) is 4.34. The Hall–Kier alpha value is -2.31. The van der Waals surface area contributed by atoms with E-state index in [1.165, 1.54) is 11.8 Å². The first-order valence-corrected chi connectivity index (χ1v) is 10.0. The number of nitrogens with zero attached hydrogens (tertiary/aromatic N) is 2. The van der Waals surface area contributed by atoms with Gasteiger partial charge in [-0.25, -0.2) is 4.99 Å². The number of carbonyl (C=O) groups excluding carboxylic acids is 2. The topological polar surface area (TPSA) is 61.8 Å². The molecule has 2 amide bonds. The molecule has 1 saturated carbocycles. The summed E-state index contributed by atoms with van der Waals surface area (Å²) in [5.41, 5.74) is 1.47. The molecule has 138 valence electrons. The lowest BCUT2D eigenvalue weighted by Gasteiger charge is -2.15. The molecule has 0 aromatic heterocycles. The Kier molecular flexibility index (Phi) is 5.18. The quantitative estimate of drug-likeness (QED) is 0.807. The maximum Gasteiger partial charge on any atom is 0.242 e. The number of amides is 2. The first kappa shape index (κ1) is 18.1. The van der Waals surface area contributed by atoms with Crippen LogP contribution in [0.5, 0.6) is 0 Å². The van der Waals surface area contributed by atoms with Gasteiger partial charge in [0.1, 0.15) is 5.25 Å². The summed E-state index contributed by atoms with van der Waals surface area (Å²) in [6, 6.07) is 16.7. The van der Waals surface area contributed by atoms with Gasteiger partial charge in [0.15, 0.2) is 5.17 Å². The summed E-state index contributed by atoms with van der Waals surface area (Å²) in [6.07, 6.45) is 2.09. The minimum Gasteiger partial charge on any atom is -0.326 e. The number of hydrogen-bond donors (Lipinski definition) is 1. The lowest BCUT2D eigenvalue weighted by molar-refractivity contribution is -0.128. The first-order valence-electron chi connectivity index (χ1n) is 8.79. The summed E-state index contributed by atoms with van der Waals surface area (Å²) < 4.78 is 0. The normalized spacial score (nSPS) is 20.9. The summed E-state index contributed by atoms with van der Waals surface area (Å²) in [6.45, 7) is 0. The number of nitrogens with one attached hydrogen (secondary N) is 1. The highest BCUT2D eigenvalue weighted by Crippen LogP contribution is 2.39. The summed E-state index contributed by atoms with van der Waals surface area (Å²) in [5, 5.41) is 3.68. The number of para-hydroxylation sites is 1. The average molecular weight is 400 g/mol. The number of hydrogen-bond acceptors (Lipinski definition) is 4. The van der Waals surface area contributed by atoms with E-state index in [9.17, 15) is 9.59 Å². The number of benzene rings is 2. The van der Waals surface area contributed by atoms with Gasteiger partial charge in [0.25, 0.3) is 0 Å². The molecule has 0 unspecified atom stereocenters. The first-order chi connectivity index (χ1) is 13.1. The number of anilines is 1. The van der Waals surface area contributed by atoms with Crippen molar-refractivity contribution in [3.8, 4) is 0 Å². The molecule has 0 spiro atoms. The van der Waals surface area contributed by atoms with Gasteiger partial charge in [0, 0.05) is 23.2 Å². The maximum absolute atomic E-state index is 12.8. The summed E-state index contributed by atoms with van der Waals surface area (Å²) in [4.78, 5) is 31.7. The van der Waals surface area contributed by atoms with Crippen molar-refractivity contribution >= 4 is 51.7 Å². The van der Waals surface area contributed by atoms with Crippen molar-refractivity contribution in [3.63, 3.8) is 0 Å². The van der Waals surface area contributed by atoms with Gasteiger partial charge in [-0.05, 0) is 49.2 Å². The lowest BCUT2D eigenvalue weighted by Crippen LogP contribution is -2.35. The highest BCUT2D eigenvalue weighted by atomic mass is 35.5. The van der Waals surface area contributed by atoms with Crippen molar-refractivity contribution in [2.45, 2.75) is 30.6 Å². The van der Waals surface area contributed by atoms with Crippen LogP contribution in [0, 0.1) is 0 Å². The molecule has 1 atom stereocenters. The van der Waals surface area contributed by atoms with Gasteiger partial charge in [0.2, 0.25) is 11.8 Å². The fourth-order valence-electron chi connectivity index (χ4n) is 2.89. The van der Waals surface area contributed by atoms with Crippen molar-refractivity contribution in [1.82, 2.24) is 4.90 Å². The Morgan fingerprint density at radius 3 is 2.52 bits per heavy atom. The van der Waals surface area contributed by atoms with Crippen LogP contribution in [0.2, 0.25) is 5.02 Å². The minimum absolute atomic E-state index is 0.0246. The molecule has 4 rings (SSSR count). The predicted octanol–water partition coefficient (Wildman–Crippen LogP) is 4.46. The molecule has 2 aliphatic rings. The van der Waals surface area contributed by atoms with Gasteiger partial charge < -0.3 is 5.32 Å². The van der Waals surface area contributed by atoms with E-state index in [0.717, 1.165) is 18.5 Å².